The molecule has 1 saturated carbocycles. The fourth-order valence-electron chi connectivity index (χ4n) is 2.11. The van der Waals surface area contributed by atoms with E-state index in [4.69, 9.17) is 23.2 Å². The van der Waals surface area contributed by atoms with E-state index in [0.29, 0.717) is 25.1 Å². The number of benzene rings is 1. The number of hydrogen-bond donors (Lipinski definition) is 2. The minimum absolute atomic E-state index is 0.125. The van der Waals surface area contributed by atoms with Crippen molar-refractivity contribution in [1.29, 1.82) is 0 Å². The van der Waals surface area contributed by atoms with E-state index in [-0.39, 0.29) is 11.8 Å². The second kappa shape index (κ2) is 5.85. The molecule has 0 saturated heterocycles. The number of nitrogens with one attached hydrogen (secondary N) is 2. The average Bonchev–Trinajstić information content (AvgIpc) is 2.97. The van der Waals surface area contributed by atoms with Crippen molar-refractivity contribution in [2.45, 2.75) is 31.1 Å². The molecule has 1 aliphatic carbocycles. The van der Waals surface area contributed by atoms with E-state index in [2.05, 4.69) is 10.6 Å². The molecule has 6 heteroatoms. The Labute approximate surface area is 134 Å². The van der Waals surface area contributed by atoms with Crippen LogP contribution in [-0.2, 0) is 11.3 Å². The van der Waals surface area contributed by atoms with Crippen molar-refractivity contribution < 1.29 is 9.59 Å². The van der Waals surface area contributed by atoms with Crippen LogP contribution in [0.5, 0.6) is 0 Å². The van der Waals surface area contributed by atoms with Gasteiger partial charge in [-0.1, -0.05) is 12.1 Å². The molecule has 0 heterocycles. The zero-order valence-electron chi connectivity index (χ0n) is 12.0. The molecule has 1 aromatic carbocycles. The SMILES string of the molecule is CCNC(=O)c1cccc(CNC(=O)C2(C)CC2(Cl)Cl)c1. The monoisotopic (exact) mass is 328 g/mol. The van der Waals surface area contributed by atoms with Gasteiger partial charge in [0, 0.05) is 18.7 Å². The summed E-state index contributed by atoms with van der Waals surface area (Å²) >= 11 is 12.0. The maximum atomic E-state index is 12.1. The van der Waals surface area contributed by atoms with Crippen LogP contribution in [0.2, 0.25) is 0 Å². The number of amides is 2. The molecule has 0 aliphatic heterocycles. The average molecular weight is 329 g/mol. The summed E-state index contributed by atoms with van der Waals surface area (Å²) in [6, 6.07) is 7.14. The van der Waals surface area contributed by atoms with E-state index >= 15 is 0 Å². The lowest BCUT2D eigenvalue weighted by molar-refractivity contribution is -0.125. The Morgan fingerprint density at radius 2 is 1.95 bits per heavy atom. The summed E-state index contributed by atoms with van der Waals surface area (Å²) < 4.78 is -0.972. The fourth-order valence-corrected chi connectivity index (χ4v) is 2.81. The standard InChI is InChI=1S/C15H18Cl2N2O2/c1-3-18-12(20)11-6-4-5-10(7-11)8-19-13(21)14(2)9-15(14,16)17/h4-7H,3,8-9H2,1-2H3,(H,18,20)(H,19,21). The number of hydrogen-bond acceptors (Lipinski definition) is 2. The van der Waals surface area contributed by atoms with Gasteiger partial charge in [-0.15, -0.1) is 23.2 Å². The van der Waals surface area contributed by atoms with Crippen LogP contribution in [0.4, 0.5) is 0 Å². The van der Waals surface area contributed by atoms with Crippen molar-refractivity contribution in [2.75, 3.05) is 6.54 Å². The lowest BCUT2D eigenvalue weighted by Crippen LogP contribution is -2.32. The minimum Gasteiger partial charge on any atom is -0.352 e. The van der Waals surface area contributed by atoms with Gasteiger partial charge in [0.1, 0.15) is 4.33 Å². The Morgan fingerprint density at radius 1 is 1.29 bits per heavy atom. The Balaban J connectivity index is 1.97. The van der Waals surface area contributed by atoms with Crippen LogP contribution >= 0.6 is 23.2 Å². The predicted molar refractivity (Wildman–Crippen MR) is 83.5 cm³/mol. The first kappa shape index (κ1) is 16.1. The van der Waals surface area contributed by atoms with Gasteiger partial charge in [0.15, 0.2) is 0 Å². The van der Waals surface area contributed by atoms with E-state index < -0.39 is 9.75 Å². The van der Waals surface area contributed by atoms with Crippen molar-refractivity contribution in [3.63, 3.8) is 0 Å². The summed E-state index contributed by atoms with van der Waals surface area (Å²) in [6.07, 6.45) is 0.452. The largest absolute Gasteiger partial charge is 0.352 e. The summed E-state index contributed by atoms with van der Waals surface area (Å²) in [7, 11) is 0. The normalized spacial score (nSPS) is 22.5. The fraction of sp³-hybridized carbons (Fsp3) is 0.467. The van der Waals surface area contributed by atoms with Gasteiger partial charge in [0.2, 0.25) is 5.91 Å². The summed E-state index contributed by atoms with van der Waals surface area (Å²) in [6.45, 7) is 4.52. The number of halogens is 2. The Bertz CT molecular complexity index is 575. The van der Waals surface area contributed by atoms with Crippen LogP contribution in [0.3, 0.4) is 0 Å². The molecular weight excluding hydrogens is 311 g/mol. The van der Waals surface area contributed by atoms with Gasteiger partial charge >= 0.3 is 0 Å². The Hall–Kier alpha value is -1.26. The number of alkyl halides is 2. The summed E-state index contributed by atoms with van der Waals surface area (Å²) in [5.74, 6) is -0.295. The van der Waals surface area contributed by atoms with Crippen molar-refractivity contribution in [2.24, 2.45) is 5.41 Å². The van der Waals surface area contributed by atoms with Crippen LogP contribution in [-0.4, -0.2) is 22.7 Å². The lowest BCUT2D eigenvalue weighted by atomic mass is 10.1. The molecule has 0 spiro atoms. The van der Waals surface area contributed by atoms with E-state index in [1.54, 1.807) is 25.1 Å². The topological polar surface area (TPSA) is 58.2 Å². The van der Waals surface area contributed by atoms with Crippen LogP contribution in [0, 0.1) is 5.41 Å². The Morgan fingerprint density at radius 3 is 2.52 bits per heavy atom. The highest BCUT2D eigenvalue weighted by atomic mass is 35.5. The molecule has 0 bridgehead atoms. The molecule has 114 valence electrons. The molecule has 1 atom stereocenters. The summed E-state index contributed by atoms with van der Waals surface area (Å²) in [4.78, 5) is 23.8. The van der Waals surface area contributed by atoms with E-state index in [1.165, 1.54) is 0 Å². The van der Waals surface area contributed by atoms with Crippen LogP contribution in [0.15, 0.2) is 24.3 Å². The van der Waals surface area contributed by atoms with Gasteiger partial charge in [0.05, 0.1) is 5.41 Å². The van der Waals surface area contributed by atoms with Crippen molar-refractivity contribution in [1.82, 2.24) is 10.6 Å². The van der Waals surface area contributed by atoms with Gasteiger partial charge in [-0.2, -0.15) is 0 Å². The third kappa shape index (κ3) is 3.33. The molecule has 1 aliphatic rings. The highest BCUT2D eigenvalue weighted by Crippen LogP contribution is 2.63. The first-order valence-corrected chi connectivity index (χ1v) is 7.59. The van der Waals surface area contributed by atoms with E-state index in [1.807, 2.05) is 13.0 Å². The number of rotatable bonds is 5. The second-order valence-corrected chi connectivity index (χ2v) is 6.94. The number of carbonyl (C=O) groups excluding carboxylic acids is 2. The Kier molecular flexibility index (Phi) is 4.49. The van der Waals surface area contributed by atoms with Crippen molar-refractivity contribution in [3.8, 4) is 0 Å². The van der Waals surface area contributed by atoms with Gasteiger partial charge in [-0.05, 0) is 38.0 Å². The van der Waals surface area contributed by atoms with Crippen LogP contribution < -0.4 is 10.6 Å². The first-order chi connectivity index (χ1) is 9.80. The quantitative estimate of drug-likeness (QED) is 0.816. The summed E-state index contributed by atoms with van der Waals surface area (Å²) in [5.41, 5.74) is 0.698. The molecule has 4 nitrogen and oxygen atoms in total. The smallest absolute Gasteiger partial charge is 0.251 e. The molecule has 1 unspecified atom stereocenters. The molecule has 2 N–H and O–H groups in total. The minimum atomic E-state index is -0.972. The van der Waals surface area contributed by atoms with Gasteiger partial charge < -0.3 is 10.6 Å². The number of carbonyl (C=O) groups is 2. The van der Waals surface area contributed by atoms with Crippen molar-refractivity contribution in [3.05, 3.63) is 35.4 Å². The van der Waals surface area contributed by atoms with Gasteiger partial charge in [-0.3, -0.25) is 9.59 Å². The van der Waals surface area contributed by atoms with Crippen LogP contribution in [0.25, 0.3) is 0 Å². The van der Waals surface area contributed by atoms with Crippen LogP contribution in [0.1, 0.15) is 36.2 Å². The zero-order valence-corrected chi connectivity index (χ0v) is 13.5. The lowest BCUT2D eigenvalue weighted by Gasteiger charge is -2.13. The third-order valence-corrected chi connectivity index (χ3v) is 4.84. The van der Waals surface area contributed by atoms with Gasteiger partial charge in [0.25, 0.3) is 5.91 Å². The van der Waals surface area contributed by atoms with Crippen molar-refractivity contribution >= 4 is 35.0 Å². The second-order valence-electron chi connectivity index (χ2n) is 5.46. The first-order valence-electron chi connectivity index (χ1n) is 6.83. The molecule has 1 aromatic rings. The molecule has 2 amide bonds. The summed E-state index contributed by atoms with van der Waals surface area (Å²) in [5, 5.41) is 5.55. The zero-order chi connectivity index (χ0) is 15.7. The maximum Gasteiger partial charge on any atom is 0.251 e. The molecule has 0 radical (unpaired) electrons. The van der Waals surface area contributed by atoms with E-state index in [0.717, 1.165) is 5.56 Å². The van der Waals surface area contributed by atoms with Gasteiger partial charge in [-0.25, -0.2) is 0 Å². The molecule has 1 fully saturated rings. The maximum absolute atomic E-state index is 12.1. The highest BCUT2D eigenvalue weighted by molar-refractivity contribution is 6.53. The molecule has 0 aromatic heterocycles. The molecular formula is C15H18Cl2N2O2. The third-order valence-electron chi connectivity index (χ3n) is 3.74. The highest BCUT2D eigenvalue weighted by Gasteiger charge is 2.67. The predicted octanol–water partition coefficient (Wildman–Crippen LogP) is 2.64. The van der Waals surface area contributed by atoms with E-state index in [9.17, 15) is 9.59 Å². The molecule has 21 heavy (non-hydrogen) atoms. The molecule has 2 rings (SSSR count).